The average molecular weight is 171 g/mol. The Morgan fingerprint density at radius 3 is 1.75 bits per heavy atom. The van der Waals surface area contributed by atoms with Crippen LogP contribution in [-0.2, 0) is 0 Å². The molecule has 0 unspecified atom stereocenters. The van der Waals surface area contributed by atoms with Crippen molar-refractivity contribution in [2.75, 3.05) is 13.1 Å². The summed E-state index contributed by atoms with van der Waals surface area (Å²) < 4.78 is 0. The van der Waals surface area contributed by atoms with Crippen molar-refractivity contribution >= 4 is 0 Å². The zero-order valence-corrected chi connectivity index (χ0v) is 8.72. The van der Waals surface area contributed by atoms with Gasteiger partial charge in [-0.05, 0) is 32.3 Å². The molecule has 0 aliphatic rings. The normalized spacial score (nSPS) is 9.67. The first kappa shape index (κ1) is 11.3. The highest BCUT2D eigenvalue weighted by Gasteiger charge is 2.06. The first-order valence-corrected chi connectivity index (χ1v) is 4.74. The summed E-state index contributed by atoms with van der Waals surface area (Å²) in [4.78, 5) is 2.04. The molecule has 0 aromatic heterocycles. The summed E-state index contributed by atoms with van der Waals surface area (Å²) >= 11 is 0. The Bertz CT molecular complexity index is 142. The summed E-state index contributed by atoms with van der Waals surface area (Å²) in [7, 11) is 0. The molecule has 0 aromatic carbocycles. The van der Waals surface area contributed by atoms with Crippen LogP contribution in [0.5, 0.6) is 0 Å². The largest absolute Gasteiger partial charge is 0.495 e. The molecule has 0 atom stereocenters. The number of hydrogen-bond acceptors (Lipinski definition) is 2. The number of allylic oxidation sites excluding steroid dienone is 1. The van der Waals surface area contributed by atoms with Gasteiger partial charge in [-0.15, -0.1) is 0 Å². The van der Waals surface area contributed by atoms with Gasteiger partial charge in [0.25, 0.3) is 0 Å². The maximum Gasteiger partial charge on any atom is 0.185 e. The monoisotopic (exact) mass is 171 g/mol. The number of nitrogens with zero attached hydrogens (tertiary/aromatic N) is 1. The smallest absolute Gasteiger partial charge is 0.185 e. The van der Waals surface area contributed by atoms with E-state index in [1.165, 1.54) is 0 Å². The van der Waals surface area contributed by atoms with Crippen LogP contribution in [0.25, 0.3) is 0 Å². The summed E-state index contributed by atoms with van der Waals surface area (Å²) in [6.07, 6.45) is 2.16. The molecule has 2 nitrogen and oxygen atoms in total. The Labute approximate surface area is 75.9 Å². The number of rotatable bonds is 5. The lowest BCUT2D eigenvalue weighted by molar-refractivity contribution is 0.196. The maximum atomic E-state index is 9.65. The van der Waals surface area contributed by atoms with E-state index in [1.807, 2.05) is 18.7 Å². The van der Waals surface area contributed by atoms with Crippen LogP contribution in [0.3, 0.4) is 0 Å². The molecule has 0 rings (SSSR count). The number of aliphatic hydroxyl groups is 1. The molecule has 0 saturated carbocycles. The Balaban J connectivity index is 4.19. The average Bonchev–Trinajstić information content (AvgIpc) is 2.03. The molecule has 1 N–H and O–H groups in total. The molecule has 0 fully saturated rings. The van der Waals surface area contributed by atoms with Crippen LogP contribution in [0.15, 0.2) is 11.5 Å². The second kappa shape index (κ2) is 5.92. The molecule has 0 bridgehead atoms. The van der Waals surface area contributed by atoms with Crippen molar-refractivity contribution in [3.05, 3.63) is 11.5 Å². The molecular formula is C10H21NO. The Morgan fingerprint density at radius 2 is 1.50 bits per heavy atom. The van der Waals surface area contributed by atoms with Crippen molar-refractivity contribution in [2.24, 2.45) is 0 Å². The van der Waals surface area contributed by atoms with Crippen LogP contribution in [0, 0.1) is 0 Å². The van der Waals surface area contributed by atoms with Crippen LogP contribution >= 0.6 is 0 Å². The highest BCUT2D eigenvalue weighted by atomic mass is 16.3. The van der Waals surface area contributed by atoms with Crippen molar-refractivity contribution < 1.29 is 5.11 Å². The second-order valence-electron chi connectivity index (χ2n) is 3.31. The fourth-order valence-electron chi connectivity index (χ4n) is 1.18. The quantitative estimate of drug-likeness (QED) is 0.643. The van der Waals surface area contributed by atoms with Crippen LogP contribution in [-0.4, -0.2) is 23.1 Å². The predicted octanol–water partition coefficient (Wildman–Crippen LogP) is 2.92. The van der Waals surface area contributed by atoms with Gasteiger partial charge in [-0.3, -0.25) is 0 Å². The van der Waals surface area contributed by atoms with Gasteiger partial charge in [0.15, 0.2) is 5.88 Å². The van der Waals surface area contributed by atoms with Gasteiger partial charge >= 0.3 is 0 Å². The zero-order chi connectivity index (χ0) is 9.56. The standard InChI is InChI=1S/C10H21NO/c1-5-7-11(8-6-2)10(12)9(3)4/h12H,5-8H2,1-4H3. The lowest BCUT2D eigenvalue weighted by Gasteiger charge is -2.23. The fraction of sp³-hybridized carbons (Fsp3) is 0.800. The van der Waals surface area contributed by atoms with Crippen LogP contribution in [0.2, 0.25) is 0 Å². The lowest BCUT2D eigenvalue weighted by atomic mass is 10.3. The molecule has 12 heavy (non-hydrogen) atoms. The summed E-state index contributed by atoms with van der Waals surface area (Å²) in [6, 6.07) is 0. The van der Waals surface area contributed by atoms with Crippen molar-refractivity contribution in [3.63, 3.8) is 0 Å². The number of aliphatic hydroxyl groups excluding tert-OH is 1. The molecule has 0 aliphatic heterocycles. The minimum Gasteiger partial charge on any atom is -0.495 e. The van der Waals surface area contributed by atoms with Gasteiger partial charge in [-0.1, -0.05) is 13.8 Å². The van der Waals surface area contributed by atoms with E-state index in [9.17, 15) is 5.11 Å². The molecule has 0 aliphatic carbocycles. The Morgan fingerprint density at radius 1 is 1.08 bits per heavy atom. The molecule has 0 saturated heterocycles. The summed E-state index contributed by atoms with van der Waals surface area (Å²) in [5, 5.41) is 9.65. The molecular weight excluding hydrogens is 150 g/mol. The second-order valence-corrected chi connectivity index (χ2v) is 3.31. The molecule has 0 spiro atoms. The van der Waals surface area contributed by atoms with Gasteiger partial charge in [-0.2, -0.15) is 0 Å². The minimum absolute atomic E-state index is 0.457. The van der Waals surface area contributed by atoms with E-state index < -0.39 is 0 Å². The van der Waals surface area contributed by atoms with Crippen LogP contribution in [0.1, 0.15) is 40.5 Å². The molecule has 0 aromatic rings. The highest BCUT2D eigenvalue weighted by molar-refractivity contribution is 5.00. The molecule has 0 amide bonds. The molecule has 0 heterocycles. The summed E-state index contributed by atoms with van der Waals surface area (Å²) in [6.45, 7) is 10.0. The van der Waals surface area contributed by atoms with Gasteiger partial charge in [0.05, 0.1) is 0 Å². The van der Waals surface area contributed by atoms with Gasteiger partial charge in [0.2, 0.25) is 0 Å². The molecule has 72 valence electrons. The third kappa shape index (κ3) is 3.65. The van der Waals surface area contributed by atoms with E-state index in [0.717, 1.165) is 31.5 Å². The topological polar surface area (TPSA) is 23.5 Å². The van der Waals surface area contributed by atoms with Gasteiger partial charge in [0.1, 0.15) is 0 Å². The van der Waals surface area contributed by atoms with Crippen LogP contribution in [0.4, 0.5) is 0 Å². The predicted molar refractivity (Wildman–Crippen MR) is 53.2 cm³/mol. The van der Waals surface area contributed by atoms with Gasteiger partial charge < -0.3 is 10.0 Å². The Kier molecular flexibility index (Phi) is 5.60. The first-order valence-electron chi connectivity index (χ1n) is 4.74. The first-order chi connectivity index (χ1) is 5.63. The van der Waals surface area contributed by atoms with Crippen molar-refractivity contribution in [3.8, 4) is 0 Å². The van der Waals surface area contributed by atoms with Gasteiger partial charge in [0, 0.05) is 13.1 Å². The van der Waals surface area contributed by atoms with Crippen molar-refractivity contribution in [1.29, 1.82) is 0 Å². The van der Waals surface area contributed by atoms with Crippen molar-refractivity contribution in [2.45, 2.75) is 40.5 Å². The third-order valence-corrected chi connectivity index (χ3v) is 1.73. The lowest BCUT2D eigenvalue weighted by Crippen LogP contribution is -2.25. The van der Waals surface area contributed by atoms with E-state index >= 15 is 0 Å². The molecule has 2 heteroatoms. The number of hydrogen-bond donors (Lipinski definition) is 1. The fourth-order valence-corrected chi connectivity index (χ4v) is 1.18. The van der Waals surface area contributed by atoms with Gasteiger partial charge in [-0.25, -0.2) is 0 Å². The van der Waals surface area contributed by atoms with E-state index in [4.69, 9.17) is 0 Å². The SMILES string of the molecule is CCCN(CCC)C(O)=C(C)C. The Hall–Kier alpha value is -0.660. The van der Waals surface area contributed by atoms with E-state index in [0.29, 0.717) is 5.88 Å². The minimum atomic E-state index is 0.457. The third-order valence-electron chi connectivity index (χ3n) is 1.73. The highest BCUT2D eigenvalue weighted by Crippen LogP contribution is 2.07. The summed E-state index contributed by atoms with van der Waals surface area (Å²) in [5.41, 5.74) is 0.997. The zero-order valence-electron chi connectivity index (χ0n) is 8.72. The van der Waals surface area contributed by atoms with E-state index in [1.54, 1.807) is 0 Å². The van der Waals surface area contributed by atoms with E-state index in [-0.39, 0.29) is 0 Å². The van der Waals surface area contributed by atoms with Crippen molar-refractivity contribution in [1.82, 2.24) is 4.90 Å². The van der Waals surface area contributed by atoms with Crippen LogP contribution < -0.4 is 0 Å². The molecule has 0 radical (unpaired) electrons. The maximum absolute atomic E-state index is 9.65. The summed E-state index contributed by atoms with van der Waals surface area (Å²) in [5.74, 6) is 0.457. The van der Waals surface area contributed by atoms with E-state index in [2.05, 4.69) is 13.8 Å².